The Hall–Kier alpha value is -1.93. The summed E-state index contributed by atoms with van der Waals surface area (Å²) in [5, 5.41) is 0. The third-order valence-electron chi connectivity index (χ3n) is 2.64. The first-order chi connectivity index (χ1) is 9.94. The van der Waals surface area contributed by atoms with Crippen LogP contribution in [-0.2, 0) is 10.7 Å². The Kier molecular flexibility index (Phi) is 6.83. The molecule has 0 amide bonds. The maximum atomic E-state index is 10.6. The van der Waals surface area contributed by atoms with E-state index in [1.807, 2.05) is 36.4 Å². The molecule has 0 aromatic heterocycles. The SMILES string of the molecule is C=Cc1ccc(CP(=O)(O)O)cc1.C=Cc1ccccc1. The van der Waals surface area contributed by atoms with Crippen LogP contribution in [0.5, 0.6) is 0 Å². The van der Waals surface area contributed by atoms with E-state index in [1.54, 1.807) is 30.3 Å². The number of hydrogen-bond donors (Lipinski definition) is 2. The monoisotopic (exact) mass is 302 g/mol. The fourth-order valence-electron chi connectivity index (χ4n) is 1.59. The van der Waals surface area contributed by atoms with Crippen molar-refractivity contribution in [3.8, 4) is 0 Å². The van der Waals surface area contributed by atoms with Gasteiger partial charge in [-0.25, -0.2) is 0 Å². The molecule has 2 rings (SSSR count). The second-order valence-corrected chi connectivity index (χ2v) is 6.03. The van der Waals surface area contributed by atoms with Crippen LogP contribution < -0.4 is 0 Å². The van der Waals surface area contributed by atoms with Gasteiger partial charge in [-0.3, -0.25) is 4.57 Å². The maximum absolute atomic E-state index is 10.6. The van der Waals surface area contributed by atoms with Gasteiger partial charge in [0.05, 0.1) is 6.16 Å². The minimum Gasteiger partial charge on any atom is -0.324 e. The Morgan fingerprint density at radius 2 is 1.33 bits per heavy atom. The van der Waals surface area contributed by atoms with Gasteiger partial charge in [-0.1, -0.05) is 79.9 Å². The van der Waals surface area contributed by atoms with Gasteiger partial charge in [0.1, 0.15) is 0 Å². The van der Waals surface area contributed by atoms with Gasteiger partial charge in [-0.2, -0.15) is 0 Å². The Balaban J connectivity index is 0.000000235. The second kappa shape index (κ2) is 8.38. The molecule has 0 bridgehead atoms. The Morgan fingerprint density at radius 1 is 0.857 bits per heavy atom. The van der Waals surface area contributed by atoms with Crippen LogP contribution in [-0.4, -0.2) is 9.79 Å². The molecule has 0 saturated carbocycles. The van der Waals surface area contributed by atoms with Crippen LogP contribution in [0.2, 0.25) is 0 Å². The molecule has 2 N–H and O–H groups in total. The van der Waals surface area contributed by atoms with Gasteiger partial charge < -0.3 is 9.79 Å². The van der Waals surface area contributed by atoms with Crippen molar-refractivity contribution in [1.29, 1.82) is 0 Å². The van der Waals surface area contributed by atoms with Crippen molar-refractivity contribution in [3.63, 3.8) is 0 Å². The van der Waals surface area contributed by atoms with Gasteiger partial charge in [-0.15, -0.1) is 0 Å². The van der Waals surface area contributed by atoms with Gasteiger partial charge >= 0.3 is 7.60 Å². The molecule has 21 heavy (non-hydrogen) atoms. The average Bonchev–Trinajstić information content (AvgIpc) is 2.48. The highest BCUT2D eigenvalue weighted by Gasteiger charge is 2.13. The molecule has 0 unspecified atom stereocenters. The number of rotatable bonds is 4. The predicted molar refractivity (Wildman–Crippen MR) is 88.8 cm³/mol. The molecule has 0 aliphatic rings. The summed E-state index contributed by atoms with van der Waals surface area (Å²) in [5.74, 6) is 0. The van der Waals surface area contributed by atoms with Gasteiger partial charge in [0.25, 0.3) is 0 Å². The molecule has 0 heterocycles. The van der Waals surface area contributed by atoms with Crippen LogP contribution >= 0.6 is 7.60 Å². The zero-order valence-electron chi connectivity index (χ0n) is 11.7. The summed E-state index contributed by atoms with van der Waals surface area (Å²) in [5.41, 5.74) is 2.75. The topological polar surface area (TPSA) is 57.5 Å². The quantitative estimate of drug-likeness (QED) is 0.826. The lowest BCUT2D eigenvalue weighted by Gasteiger charge is -2.03. The molecule has 3 nitrogen and oxygen atoms in total. The zero-order valence-corrected chi connectivity index (χ0v) is 12.6. The highest BCUT2D eigenvalue weighted by Crippen LogP contribution is 2.38. The van der Waals surface area contributed by atoms with Crippen LogP contribution in [0.1, 0.15) is 16.7 Å². The smallest absolute Gasteiger partial charge is 0.324 e. The minimum absolute atomic E-state index is 0.204. The molecule has 0 fully saturated rings. The maximum Gasteiger partial charge on any atom is 0.329 e. The molecule has 0 radical (unpaired) electrons. The van der Waals surface area contributed by atoms with Crippen molar-refractivity contribution in [3.05, 3.63) is 84.4 Å². The normalized spacial score (nSPS) is 10.2. The molecule has 110 valence electrons. The lowest BCUT2D eigenvalue weighted by atomic mass is 10.1. The standard InChI is InChI=1S/C9H11O3P.C8H8/c1-2-8-3-5-9(6-4-8)7-13(10,11)12;1-2-8-6-4-3-5-7-8/h2-6H,1,7H2,(H2,10,11,12);2-7H,1H2. The molecule has 0 aliphatic carbocycles. The summed E-state index contributed by atoms with van der Waals surface area (Å²) in [7, 11) is -3.94. The highest BCUT2D eigenvalue weighted by molar-refractivity contribution is 7.50. The fourth-order valence-corrected chi connectivity index (χ4v) is 2.27. The van der Waals surface area contributed by atoms with Crippen LogP contribution in [0.15, 0.2) is 67.8 Å². The van der Waals surface area contributed by atoms with Crippen LogP contribution in [0.25, 0.3) is 12.2 Å². The molecule has 2 aromatic carbocycles. The van der Waals surface area contributed by atoms with E-state index < -0.39 is 7.60 Å². The third-order valence-corrected chi connectivity index (χ3v) is 3.42. The molecule has 0 saturated heterocycles. The lowest BCUT2D eigenvalue weighted by Crippen LogP contribution is -1.86. The van der Waals surface area contributed by atoms with Gasteiger partial charge in [0, 0.05) is 0 Å². The van der Waals surface area contributed by atoms with Gasteiger partial charge in [0.2, 0.25) is 0 Å². The van der Waals surface area contributed by atoms with Crippen LogP contribution in [0, 0.1) is 0 Å². The Bertz CT molecular complexity index is 612. The zero-order chi connectivity index (χ0) is 15.7. The number of hydrogen-bond acceptors (Lipinski definition) is 1. The van der Waals surface area contributed by atoms with Crippen LogP contribution in [0.3, 0.4) is 0 Å². The summed E-state index contributed by atoms with van der Waals surface area (Å²) >= 11 is 0. The molecule has 0 spiro atoms. The van der Waals surface area contributed by atoms with Crippen molar-refractivity contribution in [2.75, 3.05) is 0 Å². The predicted octanol–water partition coefficient (Wildman–Crippen LogP) is 4.34. The van der Waals surface area contributed by atoms with E-state index in [2.05, 4.69) is 13.2 Å². The average molecular weight is 302 g/mol. The lowest BCUT2D eigenvalue weighted by molar-refractivity contribution is 0.371. The largest absolute Gasteiger partial charge is 0.329 e. The Morgan fingerprint density at radius 3 is 1.71 bits per heavy atom. The van der Waals surface area contributed by atoms with Crippen molar-refractivity contribution in [2.45, 2.75) is 6.16 Å². The van der Waals surface area contributed by atoms with E-state index in [0.717, 1.165) is 5.56 Å². The van der Waals surface area contributed by atoms with E-state index >= 15 is 0 Å². The van der Waals surface area contributed by atoms with Crippen molar-refractivity contribution in [1.82, 2.24) is 0 Å². The van der Waals surface area contributed by atoms with E-state index in [1.165, 1.54) is 5.56 Å². The molecular formula is C17H19O3P. The first kappa shape index (κ1) is 17.1. The van der Waals surface area contributed by atoms with Crippen molar-refractivity contribution < 1.29 is 14.4 Å². The Labute approximate surface area is 125 Å². The fraction of sp³-hybridized carbons (Fsp3) is 0.0588. The van der Waals surface area contributed by atoms with E-state index in [9.17, 15) is 4.57 Å². The summed E-state index contributed by atoms with van der Waals surface area (Å²) in [6.07, 6.45) is 3.31. The molecule has 4 heteroatoms. The highest BCUT2D eigenvalue weighted by atomic mass is 31.2. The minimum atomic E-state index is -3.94. The number of benzene rings is 2. The first-order valence-electron chi connectivity index (χ1n) is 6.38. The van der Waals surface area contributed by atoms with E-state index in [0.29, 0.717) is 5.56 Å². The third kappa shape index (κ3) is 7.42. The molecule has 0 aliphatic heterocycles. The summed E-state index contributed by atoms with van der Waals surface area (Å²) in [4.78, 5) is 17.4. The van der Waals surface area contributed by atoms with E-state index in [4.69, 9.17) is 9.79 Å². The van der Waals surface area contributed by atoms with Gasteiger partial charge in [-0.05, 0) is 16.7 Å². The molecule has 2 aromatic rings. The second-order valence-electron chi connectivity index (χ2n) is 4.38. The van der Waals surface area contributed by atoms with Crippen LogP contribution in [0.4, 0.5) is 0 Å². The summed E-state index contributed by atoms with van der Waals surface area (Å²) < 4.78 is 10.6. The first-order valence-corrected chi connectivity index (χ1v) is 8.18. The summed E-state index contributed by atoms with van der Waals surface area (Å²) in [6.45, 7) is 7.21. The van der Waals surface area contributed by atoms with Crippen molar-refractivity contribution in [2.24, 2.45) is 0 Å². The summed E-state index contributed by atoms with van der Waals surface area (Å²) in [6, 6.07) is 17.0. The molecular weight excluding hydrogens is 283 g/mol. The van der Waals surface area contributed by atoms with E-state index in [-0.39, 0.29) is 6.16 Å². The van der Waals surface area contributed by atoms with Crippen molar-refractivity contribution >= 4 is 19.7 Å². The molecule has 0 atom stereocenters. The van der Waals surface area contributed by atoms with Gasteiger partial charge in [0.15, 0.2) is 0 Å².